The maximum Gasteiger partial charge on any atom is 0.463 e. The standard InChI is InChI=1S/C30H22O5P2/c31-27-20-19-22(21-30(27)36(32,23-11-3-1-4-12-23)24-13-5-2-6-14-24)34-37(33)29-18-10-8-16-26(29)25-15-7-9-17-28(25)35-37/h1-21,31H. The minimum absolute atomic E-state index is 0.142. The van der Waals surface area contributed by atoms with Crippen molar-refractivity contribution >= 4 is 36.0 Å². The van der Waals surface area contributed by atoms with E-state index in [0.717, 1.165) is 11.1 Å². The average Bonchev–Trinajstić information content (AvgIpc) is 2.95. The fourth-order valence-electron chi connectivity index (χ4n) is 4.61. The van der Waals surface area contributed by atoms with Crippen molar-refractivity contribution < 1.29 is 23.3 Å². The molecule has 1 N–H and O–H groups in total. The molecule has 0 radical (unpaired) electrons. The summed E-state index contributed by atoms with van der Waals surface area (Å²) in [5, 5.41) is 12.7. The number of aromatic hydroxyl groups is 1. The number of fused-ring (bicyclic) bond motifs is 3. The first kappa shape index (κ1) is 23.4. The van der Waals surface area contributed by atoms with Crippen LogP contribution in [0.3, 0.4) is 0 Å². The molecule has 1 unspecified atom stereocenters. The van der Waals surface area contributed by atoms with Crippen LogP contribution in [0.2, 0.25) is 0 Å². The topological polar surface area (TPSA) is 72.8 Å². The molecule has 7 heteroatoms. The predicted octanol–water partition coefficient (Wildman–Crippen LogP) is 5.99. The van der Waals surface area contributed by atoms with E-state index in [0.29, 0.717) is 21.7 Å². The fourth-order valence-corrected chi connectivity index (χ4v) is 9.16. The molecule has 0 amide bonds. The second-order valence-corrected chi connectivity index (χ2v) is 13.2. The van der Waals surface area contributed by atoms with E-state index in [9.17, 15) is 14.2 Å². The van der Waals surface area contributed by atoms with Crippen LogP contribution in [0.4, 0.5) is 0 Å². The highest BCUT2D eigenvalue weighted by Crippen LogP contribution is 2.55. The Hall–Kier alpha value is -4.04. The molecule has 1 aliphatic rings. The summed E-state index contributed by atoms with van der Waals surface area (Å²) >= 11 is 0. The quantitative estimate of drug-likeness (QED) is 0.286. The minimum atomic E-state index is -3.86. The molecule has 0 aliphatic carbocycles. The van der Waals surface area contributed by atoms with Gasteiger partial charge in [-0.05, 0) is 30.3 Å². The molecular formula is C30H22O5P2. The summed E-state index contributed by atoms with van der Waals surface area (Å²) in [7, 11) is -7.36. The zero-order chi connectivity index (χ0) is 25.5. The van der Waals surface area contributed by atoms with E-state index in [-0.39, 0.29) is 16.8 Å². The molecule has 0 bridgehead atoms. The SMILES string of the molecule is O=P1(Oc2ccc(O)c(P(=O)(c3ccccc3)c3ccccc3)c2)Oc2ccccc2-c2ccccc21. The summed E-state index contributed by atoms with van der Waals surface area (Å²) in [6, 6.07) is 37.1. The first-order valence-electron chi connectivity index (χ1n) is 11.7. The van der Waals surface area contributed by atoms with Gasteiger partial charge >= 0.3 is 7.60 Å². The Morgan fingerprint density at radius 2 is 1.24 bits per heavy atom. The van der Waals surface area contributed by atoms with Crippen molar-refractivity contribution in [2.24, 2.45) is 0 Å². The lowest BCUT2D eigenvalue weighted by atomic mass is 10.0. The van der Waals surface area contributed by atoms with E-state index < -0.39 is 14.7 Å². The van der Waals surface area contributed by atoms with Gasteiger partial charge in [-0.25, -0.2) is 4.57 Å². The smallest absolute Gasteiger partial charge is 0.463 e. The van der Waals surface area contributed by atoms with Crippen LogP contribution in [0.25, 0.3) is 11.1 Å². The van der Waals surface area contributed by atoms with Crippen LogP contribution in [0.1, 0.15) is 0 Å². The number of phenolic OH excluding ortho intramolecular Hbond substituents is 1. The van der Waals surface area contributed by atoms with Crippen molar-refractivity contribution in [2.45, 2.75) is 0 Å². The third kappa shape index (κ3) is 3.97. The average molecular weight is 524 g/mol. The fraction of sp³-hybridized carbons (Fsp3) is 0. The normalized spacial score (nSPS) is 16.2. The molecule has 1 aliphatic heterocycles. The molecule has 0 spiro atoms. The lowest BCUT2D eigenvalue weighted by Crippen LogP contribution is -2.25. The summed E-state index contributed by atoms with van der Waals surface area (Å²) in [5.74, 6) is 0.497. The zero-order valence-electron chi connectivity index (χ0n) is 19.6. The Morgan fingerprint density at radius 3 is 1.92 bits per heavy atom. The van der Waals surface area contributed by atoms with E-state index in [1.165, 1.54) is 18.2 Å². The van der Waals surface area contributed by atoms with Gasteiger partial charge in [0.1, 0.15) is 17.2 Å². The summed E-state index contributed by atoms with van der Waals surface area (Å²) in [6.45, 7) is 0. The van der Waals surface area contributed by atoms with Crippen molar-refractivity contribution in [3.63, 3.8) is 0 Å². The van der Waals surface area contributed by atoms with Crippen molar-refractivity contribution in [2.75, 3.05) is 0 Å². The third-order valence-corrected chi connectivity index (χ3v) is 11.3. The molecule has 0 saturated heterocycles. The lowest BCUT2D eigenvalue weighted by molar-refractivity contribution is 0.397. The highest BCUT2D eigenvalue weighted by atomic mass is 31.2. The van der Waals surface area contributed by atoms with Crippen LogP contribution in [-0.2, 0) is 9.13 Å². The maximum atomic E-state index is 14.8. The van der Waals surface area contributed by atoms with Gasteiger partial charge in [-0.3, -0.25) is 0 Å². The molecule has 1 atom stereocenters. The molecular weight excluding hydrogens is 502 g/mol. The number of para-hydroxylation sites is 1. The Morgan fingerprint density at radius 1 is 0.676 bits per heavy atom. The van der Waals surface area contributed by atoms with E-state index in [4.69, 9.17) is 9.05 Å². The number of hydrogen-bond donors (Lipinski definition) is 1. The van der Waals surface area contributed by atoms with Crippen LogP contribution in [0.5, 0.6) is 17.2 Å². The van der Waals surface area contributed by atoms with E-state index in [1.807, 2.05) is 66.7 Å². The largest absolute Gasteiger partial charge is 0.507 e. The Balaban J connectivity index is 1.48. The van der Waals surface area contributed by atoms with Crippen LogP contribution < -0.4 is 30.3 Å². The van der Waals surface area contributed by atoms with Gasteiger partial charge in [-0.15, -0.1) is 0 Å². The Bertz CT molecular complexity index is 1660. The van der Waals surface area contributed by atoms with E-state index in [1.54, 1.807) is 42.5 Å². The Labute approximate surface area is 214 Å². The third-order valence-electron chi connectivity index (χ3n) is 6.35. The second kappa shape index (κ2) is 9.12. The molecule has 0 fully saturated rings. The highest BCUT2D eigenvalue weighted by molar-refractivity contribution is 7.85. The van der Waals surface area contributed by atoms with Crippen molar-refractivity contribution in [1.82, 2.24) is 0 Å². The zero-order valence-corrected chi connectivity index (χ0v) is 21.4. The molecule has 6 rings (SSSR count). The first-order chi connectivity index (χ1) is 18.0. The van der Waals surface area contributed by atoms with Crippen LogP contribution in [0.15, 0.2) is 127 Å². The minimum Gasteiger partial charge on any atom is -0.507 e. The summed E-state index contributed by atoms with van der Waals surface area (Å²) in [4.78, 5) is 0. The molecule has 1 heterocycles. The first-order valence-corrected chi connectivity index (χ1v) is 15.0. The monoisotopic (exact) mass is 524 g/mol. The molecule has 5 aromatic carbocycles. The number of benzene rings is 5. The van der Waals surface area contributed by atoms with Gasteiger partial charge in [0, 0.05) is 21.7 Å². The van der Waals surface area contributed by atoms with Crippen molar-refractivity contribution in [1.29, 1.82) is 0 Å². The number of rotatable bonds is 5. The van der Waals surface area contributed by atoms with Crippen LogP contribution >= 0.6 is 14.7 Å². The molecule has 182 valence electrons. The van der Waals surface area contributed by atoms with Gasteiger partial charge in [0.2, 0.25) is 0 Å². The van der Waals surface area contributed by atoms with Gasteiger partial charge in [0.05, 0.1) is 10.6 Å². The summed E-state index contributed by atoms with van der Waals surface area (Å²) < 4.78 is 41.1. The van der Waals surface area contributed by atoms with Crippen molar-refractivity contribution in [3.05, 3.63) is 127 Å². The van der Waals surface area contributed by atoms with E-state index >= 15 is 0 Å². The Kier molecular flexibility index (Phi) is 5.76. The molecule has 0 saturated carbocycles. The lowest BCUT2D eigenvalue weighted by Gasteiger charge is -2.28. The summed E-state index contributed by atoms with van der Waals surface area (Å²) in [6.07, 6.45) is 0. The van der Waals surface area contributed by atoms with Crippen LogP contribution in [0, 0.1) is 0 Å². The highest BCUT2D eigenvalue weighted by Gasteiger charge is 2.40. The number of phenols is 1. The molecule has 0 aromatic heterocycles. The maximum absolute atomic E-state index is 14.8. The van der Waals surface area contributed by atoms with E-state index in [2.05, 4.69) is 0 Å². The molecule has 5 nitrogen and oxygen atoms in total. The molecule has 5 aromatic rings. The van der Waals surface area contributed by atoms with Gasteiger partial charge in [0.15, 0.2) is 7.14 Å². The van der Waals surface area contributed by atoms with Gasteiger partial charge in [-0.1, -0.05) is 97.1 Å². The van der Waals surface area contributed by atoms with Crippen molar-refractivity contribution in [3.8, 4) is 28.4 Å². The second-order valence-electron chi connectivity index (χ2n) is 8.62. The van der Waals surface area contributed by atoms with Gasteiger partial charge < -0.3 is 18.7 Å². The molecule has 37 heavy (non-hydrogen) atoms. The summed E-state index contributed by atoms with van der Waals surface area (Å²) in [5.41, 5.74) is 1.60. The number of hydrogen-bond acceptors (Lipinski definition) is 5. The van der Waals surface area contributed by atoms with Gasteiger partial charge in [0.25, 0.3) is 0 Å². The van der Waals surface area contributed by atoms with Gasteiger partial charge in [-0.2, -0.15) is 0 Å². The predicted molar refractivity (Wildman–Crippen MR) is 148 cm³/mol. The van der Waals surface area contributed by atoms with Crippen LogP contribution in [-0.4, -0.2) is 5.11 Å².